The molecule has 1 saturated heterocycles. The van der Waals surface area contributed by atoms with E-state index in [1.807, 2.05) is 29.6 Å². The molecular formula is C23H28N2O2S. The summed E-state index contributed by atoms with van der Waals surface area (Å²) in [5, 5.41) is 2.57. The van der Waals surface area contributed by atoms with Crippen LogP contribution in [0.25, 0.3) is 10.6 Å². The summed E-state index contributed by atoms with van der Waals surface area (Å²) in [6, 6.07) is 7.47. The molecule has 0 radical (unpaired) electrons. The third-order valence-corrected chi connectivity index (χ3v) is 7.14. The van der Waals surface area contributed by atoms with Crippen molar-refractivity contribution in [3.63, 3.8) is 0 Å². The molecule has 148 valence electrons. The van der Waals surface area contributed by atoms with Crippen LogP contribution in [0.4, 0.5) is 0 Å². The van der Waals surface area contributed by atoms with Gasteiger partial charge in [-0.05, 0) is 43.9 Å². The van der Waals surface area contributed by atoms with E-state index in [4.69, 9.17) is 0 Å². The fraction of sp³-hybridized carbons (Fsp3) is 0.522. The molecule has 1 aliphatic heterocycles. The number of hydrogen-bond donors (Lipinski definition) is 0. The zero-order valence-electron chi connectivity index (χ0n) is 17.3. The predicted octanol–water partition coefficient (Wildman–Crippen LogP) is 5.44. The summed E-state index contributed by atoms with van der Waals surface area (Å²) >= 11 is 1.43. The second kappa shape index (κ2) is 6.24. The molecule has 2 bridgehead atoms. The molecule has 2 aromatic rings. The Hall–Kier alpha value is -2.01. The monoisotopic (exact) mass is 396 g/mol. The minimum absolute atomic E-state index is 0.00897. The fourth-order valence-corrected chi connectivity index (χ4v) is 6.93. The minimum Gasteiger partial charge on any atom is -0.331 e. The Bertz CT molecular complexity index is 963. The van der Waals surface area contributed by atoms with E-state index in [0.29, 0.717) is 11.3 Å². The van der Waals surface area contributed by atoms with Crippen LogP contribution in [-0.2, 0) is 0 Å². The normalized spacial score (nSPS) is 28.4. The van der Waals surface area contributed by atoms with Crippen molar-refractivity contribution >= 4 is 23.0 Å². The zero-order valence-corrected chi connectivity index (χ0v) is 18.2. The number of benzene rings is 1. The SMILES string of the molecule is CC(=O)c1ccccc1-c1nc(C(=O)N2C[C@]3(C)CC(C)(C)C[C@@]2(C)C3)cs1. The van der Waals surface area contributed by atoms with Gasteiger partial charge in [-0.15, -0.1) is 11.3 Å². The highest BCUT2D eigenvalue weighted by Crippen LogP contribution is 2.57. The van der Waals surface area contributed by atoms with Gasteiger partial charge in [-0.1, -0.05) is 45.0 Å². The summed E-state index contributed by atoms with van der Waals surface area (Å²) in [4.78, 5) is 32.1. The molecule has 1 aromatic carbocycles. The van der Waals surface area contributed by atoms with E-state index in [2.05, 4.69) is 37.6 Å². The van der Waals surface area contributed by atoms with Gasteiger partial charge in [0.1, 0.15) is 10.7 Å². The molecule has 2 atom stereocenters. The number of carbonyl (C=O) groups is 2. The first-order valence-corrected chi connectivity index (χ1v) is 10.8. The first-order valence-electron chi connectivity index (χ1n) is 9.90. The summed E-state index contributed by atoms with van der Waals surface area (Å²) in [7, 11) is 0. The number of carbonyl (C=O) groups excluding carboxylic acids is 2. The van der Waals surface area contributed by atoms with Gasteiger partial charge in [0.05, 0.1) is 0 Å². The molecule has 4 rings (SSSR count). The van der Waals surface area contributed by atoms with Crippen LogP contribution in [0.3, 0.4) is 0 Å². The van der Waals surface area contributed by atoms with E-state index < -0.39 is 0 Å². The molecule has 1 saturated carbocycles. The number of rotatable bonds is 3. The van der Waals surface area contributed by atoms with E-state index >= 15 is 0 Å². The average molecular weight is 397 g/mol. The molecule has 4 nitrogen and oxygen atoms in total. The molecule has 1 amide bonds. The second-order valence-corrected chi connectivity index (χ2v) is 10.9. The van der Waals surface area contributed by atoms with Gasteiger partial charge in [0.2, 0.25) is 0 Å². The van der Waals surface area contributed by atoms with E-state index in [0.717, 1.165) is 36.4 Å². The Labute approximate surface area is 171 Å². The predicted molar refractivity (Wildman–Crippen MR) is 113 cm³/mol. The standard InChI is InChI=1S/C23H28N2O2S/c1-15(26)16-8-6-7-9-17(16)19-24-18(10-28-19)20(27)25-14-22(4)11-21(2,3)12-23(25,5)13-22/h6-10H,11-14H2,1-5H3/t22-,23+/m1/s1. The molecule has 0 unspecified atom stereocenters. The highest BCUT2D eigenvalue weighted by atomic mass is 32.1. The quantitative estimate of drug-likeness (QED) is 0.649. The van der Waals surface area contributed by atoms with Crippen LogP contribution in [0.2, 0.25) is 0 Å². The Morgan fingerprint density at radius 3 is 2.50 bits per heavy atom. The van der Waals surface area contributed by atoms with Gasteiger partial charge in [-0.25, -0.2) is 4.98 Å². The first-order chi connectivity index (χ1) is 13.0. The number of Topliss-reactive ketones (excluding diaryl/α,β-unsaturated/α-hetero) is 1. The van der Waals surface area contributed by atoms with Gasteiger partial charge in [0.25, 0.3) is 5.91 Å². The van der Waals surface area contributed by atoms with Crippen molar-refractivity contribution < 1.29 is 9.59 Å². The maximum absolute atomic E-state index is 13.4. The van der Waals surface area contributed by atoms with Crippen LogP contribution in [-0.4, -0.2) is 33.7 Å². The number of fused-ring (bicyclic) bond motifs is 2. The molecule has 5 heteroatoms. The molecule has 2 heterocycles. The van der Waals surface area contributed by atoms with E-state index in [9.17, 15) is 9.59 Å². The molecule has 0 spiro atoms. The number of aromatic nitrogens is 1. The maximum atomic E-state index is 13.4. The molecule has 1 aliphatic carbocycles. The van der Waals surface area contributed by atoms with Crippen LogP contribution < -0.4 is 0 Å². The Morgan fingerprint density at radius 1 is 1.07 bits per heavy atom. The minimum atomic E-state index is -0.116. The lowest BCUT2D eigenvalue weighted by Gasteiger charge is -2.45. The smallest absolute Gasteiger partial charge is 0.273 e. The maximum Gasteiger partial charge on any atom is 0.273 e. The number of ketones is 1. The highest BCUT2D eigenvalue weighted by Gasteiger charge is 2.57. The summed E-state index contributed by atoms with van der Waals surface area (Å²) in [5.74, 6) is 0.0291. The summed E-state index contributed by atoms with van der Waals surface area (Å²) in [6.07, 6.45) is 3.22. The van der Waals surface area contributed by atoms with Gasteiger partial charge in [0, 0.05) is 28.6 Å². The lowest BCUT2D eigenvalue weighted by atomic mass is 9.61. The van der Waals surface area contributed by atoms with Crippen molar-refractivity contribution in [3.8, 4) is 10.6 Å². The molecule has 0 N–H and O–H groups in total. The van der Waals surface area contributed by atoms with Crippen LogP contribution in [0, 0.1) is 10.8 Å². The Balaban J connectivity index is 1.66. The number of amides is 1. The number of hydrogen-bond acceptors (Lipinski definition) is 4. The van der Waals surface area contributed by atoms with E-state index in [-0.39, 0.29) is 28.1 Å². The fourth-order valence-electron chi connectivity index (χ4n) is 6.10. The third-order valence-electron chi connectivity index (χ3n) is 6.27. The Morgan fingerprint density at radius 2 is 1.79 bits per heavy atom. The second-order valence-electron chi connectivity index (χ2n) is 10.0. The van der Waals surface area contributed by atoms with Crippen molar-refractivity contribution in [1.82, 2.24) is 9.88 Å². The summed E-state index contributed by atoms with van der Waals surface area (Å²) in [5.41, 5.74) is 2.24. The highest BCUT2D eigenvalue weighted by molar-refractivity contribution is 7.13. The molecular weight excluding hydrogens is 368 g/mol. The van der Waals surface area contributed by atoms with Crippen LogP contribution in [0.5, 0.6) is 0 Å². The first kappa shape index (κ1) is 19.3. The number of likely N-dealkylation sites (tertiary alicyclic amines) is 1. The van der Waals surface area contributed by atoms with Crippen LogP contribution in [0.1, 0.15) is 74.7 Å². The van der Waals surface area contributed by atoms with E-state index in [1.54, 1.807) is 6.92 Å². The van der Waals surface area contributed by atoms with Crippen LogP contribution in [0.15, 0.2) is 29.6 Å². The van der Waals surface area contributed by atoms with Crippen molar-refractivity contribution in [1.29, 1.82) is 0 Å². The summed E-state index contributed by atoms with van der Waals surface area (Å²) < 4.78 is 0. The van der Waals surface area contributed by atoms with Crippen molar-refractivity contribution in [2.75, 3.05) is 6.54 Å². The summed E-state index contributed by atoms with van der Waals surface area (Å²) in [6.45, 7) is 11.5. The third kappa shape index (κ3) is 3.20. The number of thiazole rings is 1. The molecule has 2 fully saturated rings. The molecule has 28 heavy (non-hydrogen) atoms. The van der Waals surface area contributed by atoms with Crippen molar-refractivity contribution in [3.05, 3.63) is 40.9 Å². The van der Waals surface area contributed by atoms with Gasteiger partial charge >= 0.3 is 0 Å². The largest absolute Gasteiger partial charge is 0.331 e. The average Bonchev–Trinajstić information content (AvgIpc) is 3.13. The zero-order chi connectivity index (χ0) is 20.3. The van der Waals surface area contributed by atoms with Crippen LogP contribution >= 0.6 is 11.3 Å². The Kier molecular flexibility index (Phi) is 4.31. The molecule has 1 aromatic heterocycles. The lowest BCUT2D eigenvalue weighted by molar-refractivity contribution is 0.0465. The van der Waals surface area contributed by atoms with Gasteiger partial charge in [-0.2, -0.15) is 0 Å². The van der Waals surface area contributed by atoms with Gasteiger partial charge in [-0.3, -0.25) is 9.59 Å². The van der Waals surface area contributed by atoms with E-state index in [1.165, 1.54) is 11.3 Å². The molecule has 2 aliphatic rings. The van der Waals surface area contributed by atoms with Gasteiger partial charge < -0.3 is 4.90 Å². The van der Waals surface area contributed by atoms with Crippen molar-refractivity contribution in [2.24, 2.45) is 10.8 Å². The van der Waals surface area contributed by atoms with Crippen molar-refractivity contribution in [2.45, 2.75) is 59.4 Å². The lowest BCUT2D eigenvalue weighted by Crippen LogP contribution is -2.48. The topological polar surface area (TPSA) is 50.3 Å². The number of nitrogens with zero attached hydrogens (tertiary/aromatic N) is 2. The van der Waals surface area contributed by atoms with Gasteiger partial charge in [0.15, 0.2) is 5.78 Å².